The lowest BCUT2D eigenvalue weighted by atomic mass is 9.84. The van der Waals surface area contributed by atoms with Crippen LogP contribution in [0.2, 0.25) is 0 Å². The molecule has 4 nitrogen and oxygen atoms in total. The van der Waals surface area contributed by atoms with Crippen LogP contribution >= 0.6 is 0 Å². The Hall–Kier alpha value is -1.10. The van der Waals surface area contributed by atoms with E-state index in [2.05, 4.69) is 30.0 Å². The molecule has 2 aliphatic rings. The highest BCUT2D eigenvalue weighted by atomic mass is 16.5. The first-order valence-electron chi connectivity index (χ1n) is 7.51. The predicted molar refractivity (Wildman–Crippen MR) is 78.8 cm³/mol. The molecule has 2 unspecified atom stereocenters. The smallest absolute Gasteiger partial charge is 0.123 e. The first kappa shape index (κ1) is 13.9. The molecule has 0 aromatic heterocycles. The molecular weight excluding hydrogens is 252 g/mol. The minimum Gasteiger partial charge on any atom is -0.492 e. The first-order valence-corrected chi connectivity index (χ1v) is 7.51. The molecule has 2 N–H and O–H groups in total. The van der Waals surface area contributed by atoms with Crippen molar-refractivity contribution < 1.29 is 9.47 Å². The molecule has 2 aliphatic heterocycles. The van der Waals surface area contributed by atoms with Gasteiger partial charge < -0.3 is 15.2 Å². The summed E-state index contributed by atoms with van der Waals surface area (Å²) in [5.41, 5.74) is 7.48. The van der Waals surface area contributed by atoms with E-state index in [1.807, 2.05) is 6.07 Å². The number of rotatable bonds is 2. The van der Waals surface area contributed by atoms with Gasteiger partial charge in [0.05, 0.1) is 6.10 Å². The predicted octanol–water partition coefficient (Wildman–Crippen LogP) is 1.78. The van der Waals surface area contributed by atoms with Crippen LogP contribution in [0.25, 0.3) is 0 Å². The number of nitrogens with zero attached hydrogens (tertiary/aromatic N) is 1. The summed E-state index contributed by atoms with van der Waals surface area (Å²) >= 11 is 0. The van der Waals surface area contributed by atoms with Crippen molar-refractivity contribution in [2.24, 2.45) is 5.73 Å². The molecule has 0 amide bonds. The molecule has 20 heavy (non-hydrogen) atoms. The van der Waals surface area contributed by atoms with Gasteiger partial charge in [0.15, 0.2) is 0 Å². The van der Waals surface area contributed by atoms with Crippen LogP contribution in [-0.4, -0.2) is 42.8 Å². The summed E-state index contributed by atoms with van der Waals surface area (Å²) in [6.45, 7) is 6.21. The van der Waals surface area contributed by atoms with E-state index >= 15 is 0 Å². The van der Waals surface area contributed by atoms with E-state index in [0.717, 1.165) is 44.9 Å². The molecule has 4 heteroatoms. The van der Waals surface area contributed by atoms with Crippen molar-refractivity contribution in [1.29, 1.82) is 0 Å². The maximum Gasteiger partial charge on any atom is 0.123 e. The Labute approximate surface area is 120 Å². The number of hydrogen-bond donors (Lipinski definition) is 1. The highest BCUT2D eigenvalue weighted by molar-refractivity contribution is 5.34. The van der Waals surface area contributed by atoms with Crippen molar-refractivity contribution in [2.45, 2.75) is 38.0 Å². The molecule has 0 spiro atoms. The van der Waals surface area contributed by atoms with Gasteiger partial charge in [-0.05, 0) is 25.8 Å². The van der Waals surface area contributed by atoms with Crippen molar-refractivity contribution in [2.75, 3.05) is 26.3 Å². The second-order valence-corrected chi connectivity index (χ2v) is 5.94. The molecule has 0 saturated carbocycles. The van der Waals surface area contributed by atoms with E-state index in [9.17, 15) is 0 Å². The van der Waals surface area contributed by atoms with Crippen LogP contribution in [0.4, 0.5) is 0 Å². The second kappa shape index (κ2) is 5.72. The van der Waals surface area contributed by atoms with E-state index < -0.39 is 0 Å². The molecule has 0 radical (unpaired) electrons. The van der Waals surface area contributed by atoms with Crippen LogP contribution in [0.5, 0.6) is 5.75 Å². The van der Waals surface area contributed by atoms with E-state index in [0.29, 0.717) is 6.54 Å². The van der Waals surface area contributed by atoms with Gasteiger partial charge in [0.2, 0.25) is 0 Å². The fourth-order valence-electron chi connectivity index (χ4n) is 3.48. The Morgan fingerprint density at radius 2 is 2.20 bits per heavy atom. The number of benzene rings is 1. The van der Waals surface area contributed by atoms with Crippen LogP contribution in [0.1, 0.15) is 25.3 Å². The van der Waals surface area contributed by atoms with Gasteiger partial charge in [0, 0.05) is 37.3 Å². The third-order valence-electron chi connectivity index (χ3n) is 4.64. The van der Waals surface area contributed by atoms with E-state index in [1.54, 1.807) is 0 Å². The van der Waals surface area contributed by atoms with Crippen LogP contribution < -0.4 is 10.5 Å². The highest BCUT2D eigenvalue weighted by Crippen LogP contribution is 2.34. The van der Waals surface area contributed by atoms with Gasteiger partial charge >= 0.3 is 0 Å². The minimum atomic E-state index is 0.0540. The number of fused-ring (bicyclic) bond motifs is 1. The van der Waals surface area contributed by atoms with Gasteiger partial charge in [0.1, 0.15) is 12.4 Å². The Kier molecular flexibility index (Phi) is 3.96. The fourth-order valence-corrected chi connectivity index (χ4v) is 3.48. The molecule has 1 saturated heterocycles. The summed E-state index contributed by atoms with van der Waals surface area (Å²) < 4.78 is 11.6. The highest BCUT2D eigenvalue weighted by Gasteiger charge is 2.40. The normalized spacial score (nSPS) is 31.2. The molecule has 1 aromatic rings. The first-order chi connectivity index (χ1) is 9.73. The van der Waals surface area contributed by atoms with Crippen molar-refractivity contribution >= 4 is 0 Å². The Balaban J connectivity index is 1.85. The van der Waals surface area contributed by atoms with Crippen molar-refractivity contribution in [3.05, 3.63) is 29.8 Å². The monoisotopic (exact) mass is 276 g/mol. The van der Waals surface area contributed by atoms with Gasteiger partial charge in [0.25, 0.3) is 0 Å². The molecule has 1 fully saturated rings. The van der Waals surface area contributed by atoms with Gasteiger partial charge in [-0.15, -0.1) is 0 Å². The number of hydrogen-bond acceptors (Lipinski definition) is 4. The Morgan fingerprint density at radius 3 is 3.00 bits per heavy atom. The molecular formula is C16H24N2O2. The third-order valence-corrected chi connectivity index (χ3v) is 4.64. The molecule has 0 aliphatic carbocycles. The van der Waals surface area contributed by atoms with Crippen molar-refractivity contribution in [3.8, 4) is 5.75 Å². The van der Waals surface area contributed by atoms with Crippen molar-refractivity contribution in [1.82, 2.24) is 4.90 Å². The fraction of sp³-hybridized carbons (Fsp3) is 0.625. The maximum absolute atomic E-state index is 6.16. The van der Waals surface area contributed by atoms with E-state index in [1.165, 1.54) is 5.56 Å². The van der Waals surface area contributed by atoms with Crippen LogP contribution in [0, 0.1) is 0 Å². The van der Waals surface area contributed by atoms with E-state index in [4.69, 9.17) is 15.2 Å². The van der Waals surface area contributed by atoms with Crippen molar-refractivity contribution in [3.63, 3.8) is 0 Å². The van der Waals surface area contributed by atoms with Gasteiger partial charge in [-0.25, -0.2) is 0 Å². The Morgan fingerprint density at radius 1 is 1.35 bits per heavy atom. The molecule has 3 rings (SSSR count). The zero-order valence-corrected chi connectivity index (χ0v) is 12.2. The molecule has 1 aromatic carbocycles. The number of ether oxygens (including phenoxy) is 2. The summed E-state index contributed by atoms with van der Waals surface area (Å²) in [5.74, 6) is 1.02. The molecule has 0 bridgehead atoms. The van der Waals surface area contributed by atoms with Gasteiger partial charge in [-0.2, -0.15) is 0 Å². The van der Waals surface area contributed by atoms with E-state index in [-0.39, 0.29) is 11.6 Å². The minimum absolute atomic E-state index is 0.0540. The summed E-state index contributed by atoms with van der Waals surface area (Å²) in [7, 11) is 0. The molecule has 2 atom stereocenters. The summed E-state index contributed by atoms with van der Waals surface area (Å²) in [6.07, 6.45) is 2.30. The summed E-state index contributed by atoms with van der Waals surface area (Å²) in [6, 6.07) is 8.32. The molecule has 110 valence electrons. The van der Waals surface area contributed by atoms with Gasteiger partial charge in [-0.3, -0.25) is 4.90 Å². The Bertz CT molecular complexity index is 466. The van der Waals surface area contributed by atoms with Crippen LogP contribution in [0.3, 0.4) is 0 Å². The number of nitrogens with two attached hydrogens (primary N) is 1. The topological polar surface area (TPSA) is 47.7 Å². The SMILES string of the molecule is CC1CC(CN)(N2CCOc3ccccc3C2)CCO1. The van der Waals surface area contributed by atoms with Gasteiger partial charge in [-0.1, -0.05) is 18.2 Å². The zero-order valence-electron chi connectivity index (χ0n) is 12.2. The lowest BCUT2D eigenvalue weighted by molar-refractivity contribution is -0.0674. The standard InChI is InChI=1S/C16H24N2O2/c1-13-10-16(12-17,6-8-19-13)18-7-9-20-15-5-3-2-4-14(15)11-18/h2-5,13H,6-12,17H2,1H3. The number of para-hydroxylation sites is 1. The lowest BCUT2D eigenvalue weighted by Crippen LogP contribution is -2.58. The average molecular weight is 276 g/mol. The van der Waals surface area contributed by atoms with Crippen LogP contribution in [0.15, 0.2) is 24.3 Å². The largest absolute Gasteiger partial charge is 0.492 e. The zero-order chi connectivity index (χ0) is 14.0. The maximum atomic E-state index is 6.16. The second-order valence-electron chi connectivity index (χ2n) is 5.94. The third kappa shape index (κ3) is 2.55. The quantitative estimate of drug-likeness (QED) is 0.894. The summed E-state index contributed by atoms with van der Waals surface area (Å²) in [4.78, 5) is 2.51. The average Bonchev–Trinajstić information content (AvgIpc) is 2.69. The van der Waals surface area contributed by atoms with Crippen LogP contribution in [-0.2, 0) is 11.3 Å². The summed E-state index contributed by atoms with van der Waals surface area (Å²) in [5, 5.41) is 0. The molecule has 2 heterocycles. The lowest BCUT2D eigenvalue weighted by Gasteiger charge is -2.47.